The highest BCUT2D eigenvalue weighted by Crippen LogP contribution is 2.31. The first-order valence-corrected chi connectivity index (χ1v) is 4.58. The molecular formula is C12H14O3. The van der Waals surface area contributed by atoms with Crippen molar-refractivity contribution >= 4 is 11.9 Å². The first kappa shape index (κ1) is 11.3. The SMILES string of the molecule is COc1cccc(C=CC(C)=O)c1OC. The molecule has 15 heavy (non-hydrogen) atoms. The first-order chi connectivity index (χ1) is 7.19. The number of ketones is 1. The van der Waals surface area contributed by atoms with E-state index in [1.807, 2.05) is 18.2 Å². The summed E-state index contributed by atoms with van der Waals surface area (Å²) in [5.74, 6) is 1.29. The fraction of sp³-hybridized carbons (Fsp3) is 0.250. The van der Waals surface area contributed by atoms with Crippen LogP contribution in [0, 0.1) is 0 Å². The van der Waals surface area contributed by atoms with Gasteiger partial charge in [-0.05, 0) is 25.1 Å². The van der Waals surface area contributed by atoms with Gasteiger partial charge < -0.3 is 9.47 Å². The van der Waals surface area contributed by atoms with Crippen molar-refractivity contribution in [3.8, 4) is 11.5 Å². The topological polar surface area (TPSA) is 35.5 Å². The Kier molecular flexibility index (Phi) is 3.92. The molecule has 1 aromatic rings. The molecule has 1 aromatic carbocycles. The van der Waals surface area contributed by atoms with Crippen LogP contribution in [0.4, 0.5) is 0 Å². The van der Waals surface area contributed by atoms with Gasteiger partial charge in [-0.2, -0.15) is 0 Å². The molecule has 0 aliphatic heterocycles. The molecule has 0 amide bonds. The van der Waals surface area contributed by atoms with Gasteiger partial charge in [0.1, 0.15) is 0 Å². The molecule has 0 unspecified atom stereocenters. The maximum absolute atomic E-state index is 10.8. The van der Waals surface area contributed by atoms with Crippen LogP contribution in [0.2, 0.25) is 0 Å². The molecule has 3 nitrogen and oxygen atoms in total. The molecule has 3 heteroatoms. The molecule has 0 N–H and O–H groups in total. The van der Waals surface area contributed by atoms with E-state index in [-0.39, 0.29) is 5.78 Å². The monoisotopic (exact) mass is 206 g/mol. The quantitative estimate of drug-likeness (QED) is 0.709. The molecule has 80 valence electrons. The van der Waals surface area contributed by atoms with Crippen molar-refractivity contribution in [2.24, 2.45) is 0 Å². The number of rotatable bonds is 4. The minimum atomic E-state index is -0.000118. The Hall–Kier alpha value is -1.77. The number of carbonyl (C=O) groups excluding carboxylic acids is 1. The van der Waals surface area contributed by atoms with E-state index in [1.165, 1.54) is 13.0 Å². The zero-order chi connectivity index (χ0) is 11.3. The van der Waals surface area contributed by atoms with Crippen LogP contribution < -0.4 is 9.47 Å². The smallest absolute Gasteiger partial charge is 0.167 e. The Balaban J connectivity index is 3.11. The lowest BCUT2D eigenvalue weighted by Crippen LogP contribution is -1.92. The average molecular weight is 206 g/mol. The van der Waals surface area contributed by atoms with E-state index in [0.717, 1.165) is 5.56 Å². The van der Waals surface area contributed by atoms with E-state index in [2.05, 4.69) is 0 Å². The van der Waals surface area contributed by atoms with E-state index >= 15 is 0 Å². The summed E-state index contributed by atoms with van der Waals surface area (Å²) in [5.41, 5.74) is 0.826. The lowest BCUT2D eigenvalue weighted by molar-refractivity contribution is -0.112. The molecule has 0 atom stereocenters. The second kappa shape index (κ2) is 5.20. The molecule has 0 aliphatic rings. The second-order valence-electron chi connectivity index (χ2n) is 3.03. The summed E-state index contributed by atoms with van der Waals surface area (Å²) in [6.07, 6.45) is 3.21. The lowest BCUT2D eigenvalue weighted by Gasteiger charge is -2.09. The Morgan fingerprint density at radius 3 is 2.53 bits per heavy atom. The summed E-state index contributed by atoms with van der Waals surface area (Å²) in [5, 5.41) is 0. The number of allylic oxidation sites excluding steroid dienone is 1. The third kappa shape index (κ3) is 2.84. The number of ether oxygens (including phenoxy) is 2. The van der Waals surface area contributed by atoms with Gasteiger partial charge in [-0.25, -0.2) is 0 Å². The summed E-state index contributed by atoms with van der Waals surface area (Å²) in [4.78, 5) is 10.8. The Morgan fingerprint density at radius 2 is 2.00 bits per heavy atom. The predicted molar refractivity (Wildman–Crippen MR) is 59.3 cm³/mol. The summed E-state index contributed by atoms with van der Waals surface area (Å²) in [6, 6.07) is 5.52. The summed E-state index contributed by atoms with van der Waals surface area (Å²) in [6.45, 7) is 1.50. The van der Waals surface area contributed by atoms with Gasteiger partial charge >= 0.3 is 0 Å². The predicted octanol–water partition coefficient (Wildman–Crippen LogP) is 2.31. The number of methoxy groups -OCH3 is 2. The molecule has 0 saturated carbocycles. The average Bonchev–Trinajstić information content (AvgIpc) is 2.25. The number of benzene rings is 1. The van der Waals surface area contributed by atoms with Gasteiger partial charge in [0.15, 0.2) is 17.3 Å². The summed E-state index contributed by atoms with van der Waals surface area (Å²) >= 11 is 0. The summed E-state index contributed by atoms with van der Waals surface area (Å²) in [7, 11) is 3.15. The molecule has 0 spiro atoms. The van der Waals surface area contributed by atoms with Crippen LogP contribution in [-0.2, 0) is 4.79 Å². The van der Waals surface area contributed by atoms with Crippen molar-refractivity contribution in [3.05, 3.63) is 29.8 Å². The molecule has 0 aromatic heterocycles. The first-order valence-electron chi connectivity index (χ1n) is 4.58. The van der Waals surface area contributed by atoms with Crippen molar-refractivity contribution in [1.82, 2.24) is 0 Å². The standard InChI is InChI=1S/C12H14O3/c1-9(13)7-8-10-5-4-6-11(14-2)12(10)15-3/h4-8H,1-3H3. The van der Waals surface area contributed by atoms with Crippen LogP contribution in [-0.4, -0.2) is 20.0 Å². The van der Waals surface area contributed by atoms with Crippen molar-refractivity contribution in [2.75, 3.05) is 14.2 Å². The number of carbonyl (C=O) groups is 1. The Bertz CT molecular complexity index is 380. The number of hydrogen-bond acceptors (Lipinski definition) is 3. The molecule has 0 bridgehead atoms. The van der Waals surface area contributed by atoms with Crippen LogP contribution in [0.3, 0.4) is 0 Å². The van der Waals surface area contributed by atoms with E-state index in [0.29, 0.717) is 11.5 Å². The van der Waals surface area contributed by atoms with Gasteiger partial charge in [0, 0.05) is 5.56 Å². The molecule has 0 saturated heterocycles. The van der Waals surface area contributed by atoms with E-state index in [1.54, 1.807) is 20.3 Å². The van der Waals surface area contributed by atoms with Crippen molar-refractivity contribution < 1.29 is 14.3 Å². The van der Waals surface area contributed by atoms with Crippen molar-refractivity contribution in [2.45, 2.75) is 6.92 Å². The second-order valence-corrected chi connectivity index (χ2v) is 3.03. The van der Waals surface area contributed by atoms with Gasteiger partial charge in [0.25, 0.3) is 0 Å². The van der Waals surface area contributed by atoms with Gasteiger partial charge in [-0.3, -0.25) is 4.79 Å². The van der Waals surface area contributed by atoms with Crippen LogP contribution >= 0.6 is 0 Å². The normalized spacial score (nSPS) is 10.3. The molecule has 0 heterocycles. The van der Waals surface area contributed by atoms with Crippen LogP contribution in [0.5, 0.6) is 11.5 Å². The van der Waals surface area contributed by atoms with Crippen LogP contribution in [0.15, 0.2) is 24.3 Å². The molecule has 0 fully saturated rings. The van der Waals surface area contributed by atoms with Crippen LogP contribution in [0.25, 0.3) is 6.08 Å². The highest BCUT2D eigenvalue weighted by Gasteiger charge is 2.06. The zero-order valence-electron chi connectivity index (χ0n) is 9.11. The number of para-hydroxylation sites is 1. The summed E-state index contributed by atoms with van der Waals surface area (Å²) < 4.78 is 10.4. The molecule has 0 radical (unpaired) electrons. The largest absolute Gasteiger partial charge is 0.493 e. The van der Waals surface area contributed by atoms with Crippen molar-refractivity contribution in [1.29, 1.82) is 0 Å². The Labute approximate surface area is 89.3 Å². The van der Waals surface area contributed by atoms with Gasteiger partial charge in [0.2, 0.25) is 0 Å². The fourth-order valence-corrected chi connectivity index (χ4v) is 1.25. The fourth-order valence-electron chi connectivity index (χ4n) is 1.25. The third-order valence-electron chi connectivity index (χ3n) is 1.93. The number of hydrogen-bond donors (Lipinski definition) is 0. The van der Waals surface area contributed by atoms with E-state index in [9.17, 15) is 4.79 Å². The maximum atomic E-state index is 10.8. The zero-order valence-corrected chi connectivity index (χ0v) is 9.11. The van der Waals surface area contributed by atoms with Crippen molar-refractivity contribution in [3.63, 3.8) is 0 Å². The molecule has 0 aliphatic carbocycles. The van der Waals surface area contributed by atoms with E-state index < -0.39 is 0 Å². The maximum Gasteiger partial charge on any atom is 0.167 e. The lowest BCUT2D eigenvalue weighted by atomic mass is 10.1. The highest BCUT2D eigenvalue weighted by atomic mass is 16.5. The highest BCUT2D eigenvalue weighted by molar-refractivity contribution is 5.92. The minimum Gasteiger partial charge on any atom is -0.493 e. The van der Waals surface area contributed by atoms with E-state index in [4.69, 9.17) is 9.47 Å². The Morgan fingerprint density at radius 1 is 1.27 bits per heavy atom. The molecule has 1 rings (SSSR count). The van der Waals surface area contributed by atoms with Gasteiger partial charge in [-0.15, -0.1) is 0 Å². The third-order valence-corrected chi connectivity index (χ3v) is 1.93. The van der Waals surface area contributed by atoms with Gasteiger partial charge in [-0.1, -0.05) is 12.1 Å². The van der Waals surface area contributed by atoms with Gasteiger partial charge in [0.05, 0.1) is 14.2 Å². The molecular weight excluding hydrogens is 192 g/mol. The van der Waals surface area contributed by atoms with Crippen LogP contribution in [0.1, 0.15) is 12.5 Å². The minimum absolute atomic E-state index is 0.000118.